The Bertz CT molecular complexity index is 1320. The number of nitro groups is 4. The van der Waals surface area contributed by atoms with Crippen molar-refractivity contribution in [2.24, 2.45) is 0 Å². The van der Waals surface area contributed by atoms with Crippen LogP contribution in [0.5, 0.6) is 0 Å². The number of nitrogens with zero attached hydrogens (tertiary/aromatic N) is 6. The van der Waals surface area contributed by atoms with E-state index in [1.807, 2.05) is 0 Å². The predicted octanol–water partition coefficient (Wildman–Crippen LogP) is 1.46. The number of nitro benzene ring substituents is 2. The van der Waals surface area contributed by atoms with Crippen molar-refractivity contribution in [1.29, 1.82) is 10.5 Å². The van der Waals surface area contributed by atoms with Crippen LogP contribution in [0.15, 0.2) is 35.1 Å². The number of nitriles is 2. The number of rotatable bonds is 4. The number of Topliss-reactive ketones (excluding diaryl/α,β-unsaturated/α-hetero) is 1. The van der Waals surface area contributed by atoms with E-state index in [1.165, 1.54) is 12.1 Å². The molecule has 0 spiro atoms. The normalized spacial score (nSPS) is 16.5. The van der Waals surface area contributed by atoms with Crippen molar-refractivity contribution in [1.82, 2.24) is 0 Å². The predicted molar refractivity (Wildman–Crippen MR) is 95.7 cm³/mol. The molecule has 1 aromatic rings. The first kappa shape index (κ1) is 20.4. The van der Waals surface area contributed by atoms with Gasteiger partial charge in [-0.25, -0.2) is 0 Å². The van der Waals surface area contributed by atoms with Gasteiger partial charge in [-0.15, -0.1) is 0 Å². The van der Waals surface area contributed by atoms with Crippen LogP contribution >= 0.6 is 0 Å². The van der Waals surface area contributed by atoms with E-state index in [0.717, 1.165) is 0 Å². The summed E-state index contributed by atoms with van der Waals surface area (Å²) in [6.07, 6.45) is 0.386. The topological polar surface area (TPSA) is 237 Å². The molecule has 0 bridgehead atoms. The van der Waals surface area contributed by atoms with Crippen LogP contribution < -0.4 is 0 Å². The van der Waals surface area contributed by atoms with E-state index in [1.54, 1.807) is 0 Å². The molecule has 1 unspecified atom stereocenters. The lowest BCUT2D eigenvalue weighted by molar-refractivity contribution is -0.497. The molecular formula is C16H4N6O9. The molecule has 15 heteroatoms. The van der Waals surface area contributed by atoms with Gasteiger partial charge in [0.05, 0.1) is 43.6 Å². The number of carbonyl (C=O) groups is 1. The van der Waals surface area contributed by atoms with Crippen molar-refractivity contribution >= 4 is 28.3 Å². The van der Waals surface area contributed by atoms with Gasteiger partial charge in [-0.05, 0) is 0 Å². The Morgan fingerprint density at radius 2 is 1.52 bits per heavy atom. The number of allylic oxidation sites excluding steroid dienone is 3. The van der Waals surface area contributed by atoms with Gasteiger partial charge in [-0.3, -0.25) is 45.3 Å². The number of hydrogen-bond acceptors (Lipinski definition) is 11. The molecule has 152 valence electrons. The van der Waals surface area contributed by atoms with Crippen molar-refractivity contribution < 1.29 is 24.5 Å². The SMILES string of the molecule is N#CC(C#N)=C1C2=C(C([N+](=O)[O-])=CC([N+](=O)[O-])C2=O)c2c1cc([N+](=O)[O-])cc2[N+](=O)[O-]. The zero-order valence-corrected chi connectivity index (χ0v) is 14.7. The first-order valence-corrected chi connectivity index (χ1v) is 7.86. The van der Waals surface area contributed by atoms with Gasteiger partial charge < -0.3 is 0 Å². The van der Waals surface area contributed by atoms with Crippen LogP contribution in [0.2, 0.25) is 0 Å². The second-order valence-electron chi connectivity index (χ2n) is 6.03. The molecule has 1 atom stereocenters. The summed E-state index contributed by atoms with van der Waals surface area (Å²) in [6.45, 7) is 0. The molecule has 0 saturated carbocycles. The maximum atomic E-state index is 12.8. The summed E-state index contributed by atoms with van der Waals surface area (Å²) in [5.41, 5.74) is -7.15. The largest absolute Gasteiger partial charge is 0.299 e. The summed E-state index contributed by atoms with van der Waals surface area (Å²) in [4.78, 5) is 54.1. The molecule has 31 heavy (non-hydrogen) atoms. The average Bonchev–Trinajstić information content (AvgIpc) is 3.03. The highest BCUT2D eigenvalue weighted by atomic mass is 16.6. The average molecular weight is 424 g/mol. The van der Waals surface area contributed by atoms with E-state index in [4.69, 9.17) is 0 Å². The molecule has 3 rings (SSSR count). The van der Waals surface area contributed by atoms with Gasteiger partial charge in [0.1, 0.15) is 17.7 Å². The van der Waals surface area contributed by atoms with E-state index in [9.17, 15) is 55.8 Å². The second-order valence-corrected chi connectivity index (χ2v) is 6.03. The van der Waals surface area contributed by atoms with E-state index in [-0.39, 0.29) is 0 Å². The van der Waals surface area contributed by atoms with Gasteiger partial charge in [-0.2, -0.15) is 10.5 Å². The minimum atomic E-state index is -2.27. The second kappa shape index (κ2) is 6.94. The van der Waals surface area contributed by atoms with Crippen molar-refractivity contribution in [3.63, 3.8) is 0 Å². The van der Waals surface area contributed by atoms with E-state index in [2.05, 4.69) is 0 Å². The zero-order chi connectivity index (χ0) is 23.2. The molecular weight excluding hydrogens is 420 g/mol. The van der Waals surface area contributed by atoms with Gasteiger partial charge in [0.25, 0.3) is 23.1 Å². The lowest BCUT2D eigenvalue weighted by Crippen LogP contribution is -2.33. The Hall–Kier alpha value is -5.31. The Balaban J connectivity index is 2.61. The molecule has 0 radical (unpaired) electrons. The Morgan fingerprint density at radius 3 is 1.97 bits per heavy atom. The number of ketones is 1. The third-order valence-corrected chi connectivity index (χ3v) is 4.51. The van der Waals surface area contributed by atoms with Crippen LogP contribution in [-0.4, -0.2) is 31.5 Å². The molecule has 2 aliphatic rings. The van der Waals surface area contributed by atoms with Crippen LogP contribution in [0, 0.1) is 63.1 Å². The number of non-ortho nitro benzene ring substituents is 1. The highest BCUT2D eigenvalue weighted by molar-refractivity contribution is 6.27. The Labute approximate surface area is 169 Å². The fraction of sp³-hybridized carbons (Fsp3) is 0.0625. The minimum Gasteiger partial charge on any atom is -0.286 e. The van der Waals surface area contributed by atoms with Crippen LogP contribution in [0.4, 0.5) is 11.4 Å². The third kappa shape index (κ3) is 2.86. The number of benzene rings is 1. The van der Waals surface area contributed by atoms with Crippen molar-refractivity contribution in [3.8, 4) is 12.1 Å². The van der Waals surface area contributed by atoms with Crippen LogP contribution in [0.3, 0.4) is 0 Å². The summed E-state index contributed by atoms with van der Waals surface area (Å²) in [6, 6.07) is 1.74. The van der Waals surface area contributed by atoms with Crippen LogP contribution in [0.1, 0.15) is 11.1 Å². The van der Waals surface area contributed by atoms with Crippen LogP contribution in [0.25, 0.3) is 11.1 Å². The number of fused-ring (bicyclic) bond motifs is 2. The van der Waals surface area contributed by atoms with E-state index < -0.39 is 82.0 Å². The molecule has 15 nitrogen and oxygen atoms in total. The zero-order valence-electron chi connectivity index (χ0n) is 14.7. The molecule has 0 amide bonds. The van der Waals surface area contributed by atoms with Gasteiger partial charge in [-0.1, -0.05) is 0 Å². The molecule has 0 N–H and O–H groups in total. The minimum absolute atomic E-state index is 0.386. The van der Waals surface area contributed by atoms with E-state index in [0.29, 0.717) is 18.2 Å². The van der Waals surface area contributed by atoms with Crippen molar-refractivity contribution in [2.75, 3.05) is 0 Å². The van der Waals surface area contributed by atoms with Crippen molar-refractivity contribution in [3.05, 3.63) is 86.6 Å². The summed E-state index contributed by atoms with van der Waals surface area (Å²) in [5.74, 6) is -1.36. The maximum Gasteiger partial charge on any atom is 0.299 e. The Kier molecular flexibility index (Phi) is 4.57. The molecule has 0 saturated heterocycles. The lowest BCUT2D eigenvalue weighted by atomic mass is 9.88. The number of hydrogen-bond donors (Lipinski definition) is 0. The molecule has 0 aromatic heterocycles. The molecule has 0 heterocycles. The molecule has 1 aromatic carbocycles. The third-order valence-electron chi connectivity index (χ3n) is 4.51. The summed E-state index contributed by atoms with van der Waals surface area (Å²) in [5, 5.41) is 64.3. The van der Waals surface area contributed by atoms with Gasteiger partial charge in [0.2, 0.25) is 5.78 Å². The highest BCUT2D eigenvalue weighted by Gasteiger charge is 2.51. The fourth-order valence-electron chi connectivity index (χ4n) is 3.37. The number of carbonyl (C=O) groups excluding carboxylic acids is 1. The Morgan fingerprint density at radius 1 is 0.903 bits per heavy atom. The molecule has 0 aliphatic heterocycles. The van der Waals surface area contributed by atoms with Gasteiger partial charge in [0, 0.05) is 22.1 Å². The van der Waals surface area contributed by atoms with Gasteiger partial charge in [0.15, 0.2) is 0 Å². The first-order chi connectivity index (χ1) is 14.5. The monoisotopic (exact) mass is 424 g/mol. The lowest BCUT2D eigenvalue weighted by Gasteiger charge is -2.13. The smallest absolute Gasteiger partial charge is 0.286 e. The van der Waals surface area contributed by atoms with Crippen molar-refractivity contribution in [2.45, 2.75) is 6.04 Å². The maximum absolute atomic E-state index is 12.8. The summed E-state index contributed by atoms with van der Waals surface area (Å²) < 4.78 is 0. The summed E-state index contributed by atoms with van der Waals surface area (Å²) >= 11 is 0. The standard InChI is InChI=1S/C16H4N6O9/c17-4-6(5-18)12-8-1-7(19(24)25)2-9(20(26)27)13(8)14-10(21(28)29)3-11(22(30)31)16(23)15(12)14/h1-3,11H. The van der Waals surface area contributed by atoms with Gasteiger partial charge >= 0.3 is 0 Å². The van der Waals surface area contributed by atoms with Crippen LogP contribution in [-0.2, 0) is 4.79 Å². The van der Waals surface area contributed by atoms with E-state index >= 15 is 0 Å². The highest BCUT2D eigenvalue weighted by Crippen LogP contribution is 2.53. The quantitative estimate of drug-likeness (QED) is 0.380. The fourth-order valence-corrected chi connectivity index (χ4v) is 3.37. The molecule has 2 aliphatic carbocycles. The molecule has 0 fully saturated rings. The summed E-state index contributed by atoms with van der Waals surface area (Å²) in [7, 11) is 0. The first-order valence-electron chi connectivity index (χ1n) is 7.86.